The summed E-state index contributed by atoms with van der Waals surface area (Å²) in [6, 6.07) is 6.60. The molecule has 0 amide bonds. The van der Waals surface area contributed by atoms with Crippen molar-refractivity contribution in [1.29, 1.82) is 0 Å². The molecule has 1 aliphatic carbocycles. The highest BCUT2D eigenvalue weighted by molar-refractivity contribution is 9.10. The van der Waals surface area contributed by atoms with Crippen molar-refractivity contribution in [1.82, 2.24) is 0 Å². The van der Waals surface area contributed by atoms with Crippen molar-refractivity contribution in [2.45, 2.75) is 31.7 Å². The molecule has 1 aromatic carbocycles. The van der Waals surface area contributed by atoms with E-state index < -0.39 is 0 Å². The summed E-state index contributed by atoms with van der Waals surface area (Å²) in [5.41, 5.74) is 7.23. The van der Waals surface area contributed by atoms with Gasteiger partial charge < -0.3 is 10.5 Å². The molecule has 1 saturated carbocycles. The second-order valence-corrected chi connectivity index (χ2v) is 5.52. The summed E-state index contributed by atoms with van der Waals surface area (Å²) in [5.74, 6) is 1.71. The summed E-state index contributed by atoms with van der Waals surface area (Å²) in [4.78, 5) is 0. The Kier molecular flexibility index (Phi) is 3.87. The first-order valence-electron chi connectivity index (χ1n) is 5.77. The van der Waals surface area contributed by atoms with Gasteiger partial charge in [0.1, 0.15) is 5.75 Å². The van der Waals surface area contributed by atoms with Crippen LogP contribution in [0.15, 0.2) is 22.7 Å². The van der Waals surface area contributed by atoms with E-state index in [1.165, 1.54) is 18.4 Å². The van der Waals surface area contributed by atoms with Crippen LogP contribution in [-0.2, 0) is 6.42 Å². The summed E-state index contributed by atoms with van der Waals surface area (Å²) in [7, 11) is 1.73. The van der Waals surface area contributed by atoms with Gasteiger partial charge in [-0.3, -0.25) is 0 Å². The summed E-state index contributed by atoms with van der Waals surface area (Å²) in [5, 5.41) is 0. The normalized spacial score (nSPS) is 24.7. The van der Waals surface area contributed by atoms with E-state index >= 15 is 0 Å². The van der Waals surface area contributed by atoms with Crippen LogP contribution in [0.5, 0.6) is 5.75 Å². The van der Waals surface area contributed by atoms with Crippen molar-refractivity contribution in [3.05, 3.63) is 28.2 Å². The SMILES string of the molecule is COc1ccc(Br)cc1CC1CCC(N)C1. The van der Waals surface area contributed by atoms with E-state index in [0.717, 1.165) is 29.0 Å². The van der Waals surface area contributed by atoms with Crippen LogP contribution in [0.25, 0.3) is 0 Å². The van der Waals surface area contributed by atoms with Crippen LogP contribution >= 0.6 is 15.9 Å². The van der Waals surface area contributed by atoms with Crippen LogP contribution in [-0.4, -0.2) is 13.2 Å². The van der Waals surface area contributed by atoms with Crippen LogP contribution < -0.4 is 10.5 Å². The first-order chi connectivity index (χ1) is 7.69. The van der Waals surface area contributed by atoms with Crippen molar-refractivity contribution in [3.63, 3.8) is 0 Å². The Morgan fingerprint density at radius 3 is 2.88 bits per heavy atom. The highest BCUT2D eigenvalue weighted by Gasteiger charge is 2.22. The van der Waals surface area contributed by atoms with Crippen LogP contribution in [0, 0.1) is 5.92 Å². The molecule has 0 saturated heterocycles. The standard InChI is InChI=1S/C13H18BrNO/c1-16-13-5-3-11(14)8-10(13)6-9-2-4-12(15)7-9/h3,5,8-9,12H,2,4,6-7,15H2,1H3. The van der Waals surface area contributed by atoms with Gasteiger partial charge >= 0.3 is 0 Å². The molecular formula is C13H18BrNO. The third kappa shape index (κ3) is 2.77. The molecule has 3 heteroatoms. The van der Waals surface area contributed by atoms with E-state index in [4.69, 9.17) is 10.5 Å². The molecule has 1 aliphatic rings. The highest BCUT2D eigenvalue weighted by atomic mass is 79.9. The molecule has 2 rings (SSSR count). The fourth-order valence-corrected chi connectivity index (χ4v) is 2.93. The maximum atomic E-state index is 5.94. The Hall–Kier alpha value is -0.540. The molecule has 1 fully saturated rings. The second-order valence-electron chi connectivity index (χ2n) is 4.60. The second kappa shape index (κ2) is 5.19. The van der Waals surface area contributed by atoms with E-state index in [1.807, 2.05) is 12.1 Å². The van der Waals surface area contributed by atoms with E-state index in [-0.39, 0.29) is 0 Å². The van der Waals surface area contributed by atoms with E-state index in [1.54, 1.807) is 7.11 Å². The molecule has 2 N–H and O–H groups in total. The number of methoxy groups -OCH3 is 1. The molecule has 0 aromatic heterocycles. The lowest BCUT2D eigenvalue weighted by Gasteiger charge is -2.13. The third-order valence-electron chi connectivity index (χ3n) is 3.33. The number of nitrogens with two attached hydrogens (primary N) is 1. The fraction of sp³-hybridized carbons (Fsp3) is 0.538. The van der Waals surface area contributed by atoms with Crippen molar-refractivity contribution in [2.75, 3.05) is 7.11 Å². The van der Waals surface area contributed by atoms with Gasteiger partial charge in [-0.05, 0) is 55.4 Å². The third-order valence-corrected chi connectivity index (χ3v) is 3.83. The largest absolute Gasteiger partial charge is 0.496 e. The van der Waals surface area contributed by atoms with Crippen LogP contribution in [0.2, 0.25) is 0 Å². The summed E-state index contributed by atoms with van der Waals surface area (Å²) >= 11 is 3.51. The van der Waals surface area contributed by atoms with Gasteiger partial charge in [0.05, 0.1) is 7.11 Å². The number of halogens is 1. The Morgan fingerprint density at radius 1 is 1.44 bits per heavy atom. The van der Waals surface area contributed by atoms with Crippen LogP contribution in [0.3, 0.4) is 0 Å². The van der Waals surface area contributed by atoms with E-state index in [2.05, 4.69) is 22.0 Å². The highest BCUT2D eigenvalue weighted by Crippen LogP contribution is 2.32. The van der Waals surface area contributed by atoms with Gasteiger partial charge in [0.2, 0.25) is 0 Å². The number of ether oxygens (including phenoxy) is 1. The van der Waals surface area contributed by atoms with Crippen molar-refractivity contribution >= 4 is 15.9 Å². The molecule has 0 spiro atoms. The smallest absolute Gasteiger partial charge is 0.122 e. The quantitative estimate of drug-likeness (QED) is 0.925. The molecule has 88 valence electrons. The van der Waals surface area contributed by atoms with E-state index in [0.29, 0.717) is 6.04 Å². The molecule has 2 nitrogen and oxygen atoms in total. The molecule has 16 heavy (non-hydrogen) atoms. The fourth-order valence-electron chi connectivity index (χ4n) is 2.52. The van der Waals surface area contributed by atoms with Gasteiger partial charge in [-0.1, -0.05) is 15.9 Å². The minimum Gasteiger partial charge on any atom is -0.496 e. The minimum atomic E-state index is 0.406. The first kappa shape index (κ1) is 11.9. The molecule has 0 heterocycles. The Bertz CT molecular complexity index is 367. The number of hydrogen-bond acceptors (Lipinski definition) is 2. The Labute approximate surface area is 105 Å². The lowest BCUT2D eigenvalue weighted by Crippen LogP contribution is -2.15. The van der Waals surface area contributed by atoms with Crippen molar-refractivity contribution in [2.24, 2.45) is 11.7 Å². The Morgan fingerprint density at radius 2 is 2.25 bits per heavy atom. The Balaban J connectivity index is 2.10. The van der Waals surface area contributed by atoms with Gasteiger partial charge in [0, 0.05) is 10.5 Å². The topological polar surface area (TPSA) is 35.2 Å². The van der Waals surface area contributed by atoms with Crippen LogP contribution in [0.1, 0.15) is 24.8 Å². The predicted molar refractivity (Wildman–Crippen MR) is 69.7 cm³/mol. The molecule has 2 atom stereocenters. The number of hydrogen-bond donors (Lipinski definition) is 1. The number of rotatable bonds is 3. The molecule has 0 aliphatic heterocycles. The van der Waals surface area contributed by atoms with Crippen molar-refractivity contribution < 1.29 is 4.74 Å². The summed E-state index contributed by atoms with van der Waals surface area (Å²) in [6.45, 7) is 0. The van der Waals surface area contributed by atoms with Gasteiger partial charge in [0.15, 0.2) is 0 Å². The average molecular weight is 284 g/mol. The zero-order valence-corrected chi connectivity index (χ0v) is 11.2. The van der Waals surface area contributed by atoms with Gasteiger partial charge in [-0.15, -0.1) is 0 Å². The minimum absolute atomic E-state index is 0.406. The lowest BCUT2D eigenvalue weighted by atomic mass is 9.97. The maximum absolute atomic E-state index is 5.94. The van der Waals surface area contributed by atoms with Gasteiger partial charge in [0.25, 0.3) is 0 Å². The lowest BCUT2D eigenvalue weighted by molar-refractivity contribution is 0.403. The first-order valence-corrected chi connectivity index (χ1v) is 6.56. The molecule has 2 unspecified atom stereocenters. The van der Waals surface area contributed by atoms with Crippen LogP contribution in [0.4, 0.5) is 0 Å². The predicted octanol–water partition coefficient (Wildman–Crippen LogP) is 3.13. The summed E-state index contributed by atoms with van der Waals surface area (Å²) < 4.78 is 6.50. The molecule has 0 bridgehead atoms. The zero-order chi connectivity index (χ0) is 11.5. The monoisotopic (exact) mass is 283 g/mol. The number of benzene rings is 1. The molecule has 0 radical (unpaired) electrons. The maximum Gasteiger partial charge on any atom is 0.122 e. The zero-order valence-electron chi connectivity index (χ0n) is 9.58. The average Bonchev–Trinajstić information content (AvgIpc) is 2.64. The molecule has 1 aromatic rings. The van der Waals surface area contributed by atoms with Crippen molar-refractivity contribution in [3.8, 4) is 5.75 Å². The van der Waals surface area contributed by atoms with Gasteiger partial charge in [-0.25, -0.2) is 0 Å². The summed E-state index contributed by atoms with van der Waals surface area (Å²) in [6.07, 6.45) is 4.64. The van der Waals surface area contributed by atoms with E-state index in [9.17, 15) is 0 Å². The molecular weight excluding hydrogens is 266 g/mol. The van der Waals surface area contributed by atoms with Gasteiger partial charge in [-0.2, -0.15) is 0 Å².